The molecule has 2 aliphatic heterocycles. The summed E-state index contributed by atoms with van der Waals surface area (Å²) in [6, 6.07) is 18.4. The minimum absolute atomic E-state index is 0.0425. The molecule has 2 heterocycles. The van der Waals surface area contributed by atoms with Crippen molar-refractivity contribution in [3.63, 3.8) is 0 Å². The maximum absolute atomic E-state index is 12.3. The van der Waals surface area contributed by atoms with Crippen LogP contribution in [0.3, 0.4) is 0 Å². The summed E-state index contributed by atoms with van der Waals surface area (Å²) in [6.45, 7) is 4.64. The highest BCUT2D eigenvalue weighted by atomic mass is 16.2. The molecule has 5 nitrogen and oxygen atoms in total. The molecule has 0 saturated carbocycles. The van der Waals surface area contributed by atoms with Gasteiger partial charge in [0.15, 0.2) is 0 Å². The number of benzene rings is 2. The van der Waals surface area contributed by atoms with E-state index in [0.717, 1.165) is 43.1 Å². The first-order chi connectivity index (χ1) is 14.7. The lowest BCUT2D eigenvalue weighted by molar-refractivity contribution is -0.121. The van der Waals surface area contributed by atoms with Crippen molar-refractivity contribution < 1.29 is 9.59 Å². The molecule has 2 aromatic rings. The van der Waals surface area contributed by atoms with Crippen LogP contribution in [0.15, 0.2) is 54.6 Å². The Hall–Kier alpha value is -2.66. The third kappa shape index (κ3) is 5.28. The number of carbonyl (C=O) groups excluding carboxylic acids is 2. The molecule has 2 aliphatic rings. The number of fused-ring (bicyclic) bond motifs is 1. The molecule has 0 unspecified atom stereocenters. The first-order valence-corrected chi connectivity index (χ1v) is 11.1. The Bertz CT molecular complexity index is 860. The molecular formula is C25H31N3O2. The summed E-state index contributed by atoms with van der Waals surface area (Å²) < 4.78 is 0. The summed E-state index contributed by atoms with van der Waals surface area (Å²) in [5.74, 6) is 0.669. The molecule has 0 aliphatic carbocycles. The van der Waals surface area contributed by atoms with Crippen molar-refractivity contribution in [1.29, 1.82) is 0 Å². The molecule has 4 rings (SSSR count). The van der Waals surface area contributed by atoms with Crippen LogP contribution in [0, 0.1) is 5.92 Å². The van der Waals surface area contributed by atoms with Crippen molar-refractivity contribution in [2.75, 3.05) is 32.7 Å². The average Bonchev–Trinajstić information content (AvgIpc) is 3.08. The summed E-state index contributed by atoms with van der Waals surface area (Å²) in [4.78, 5) is 28.7. The summed E-state index contributed by atoms with van der Waals surface area (Å²) in [6.07, 6.45) is 4.63. The fraction of sp³-hybridized carbons (Fsp3) is 0.440. The quantitative estimate of drug-likeness (QED) is 0.687. The van der Waals surface area contributed by atoms with E-state index in [1.165, 1.54) is 24.8 Å². The largest absolute Gasteiger partial charge is 0.355 e. The number of piperidine rings is 1. The molecule has 1 N–H and O–H groups in total. The van der Waals surface area contributed by atoms with Crippen LogP contribution >= 0.6 is 0 Å². The van der Waals surface area contributed by atoms with Crippen molar-refractivity contribution in [1.82, 2.24) is 15.1 Å². The van der Waals surface area contributed by atoms with Crippen LogP contribution in [0.1, 0.15) is 40.7 Å². The maximum Gasteiger partial charge on any atom is 0.254 e. The molecular weight excluding hydrogens is 374 g/mol. The number of carbonyl (C=O) groups is 2. The van der Waals surface area contributed by atoms with Gasteiger partial charge in [0.1, 0.15) is 6.54 Å². The molecule has 30 heavy (non-hydrogen) atoms. The van der Waals surface area contributed by atoms with Crippen LogP contribution in [0.2, 0.25) is 0 Å². The predicted molar refractivity (Wildman–Crippen MR) is 118 cm³/mol. The second-order valence-corrected chi connectivity index (χ2v) is 8.50. The number of amides is 2. The van der Waals surface area contributed by atoms with E-state index in [2.05, 4.69) is 40.5 Å². The minimum atomic E-state index is -0.0716. The minimum Gasteiger partial charge on any atom is -0.355 e. The number of nitrogens with zero attached hydrogens (tertiary/aromatic N) is 2. The van der Waals surface area contributed by atoms with Gasteiger partial charge in [0.2, 0.25) is 5.91 Å². The molecule has 2 amide bonds. The smallest absolute Gasteiger partial charge is 0.254 e. The highest BCUT2D eigenvalue weighted by Crippen LogP contribution is 2.22. The van der Waals surface area contributed by atoms with Crippen LogP contribution in [-0.4, -0.2) is 54.3 Å². The van der Waals surface area contributed by atoms with E-state index >= 15 is 0 Å². The molecule has 5 heteroatoms. The SMILES string of the molecule is O=C(CN1Cc2ccccc2C1=O)NCCCN1CCC(Cc2ccccc2)CC1. The Balaban J connectivity index is 1.10. The first-order valence-electron chi connectivity index (χ1n) is 11.1. The van der Waals surface area contributed by atoms with Gasteiger partial charge in [0.25, 0.3) is 5.91 Å². The average molecular weight is 406 g/mol. The molecule has 0 spiro atoms. The van der Waals surface area contributed by atoms with Gasteiger partial charge in [-0.3, -0.25) is 9.59 Å². The van der Waals surface area contributed by atoms with E-state index in [1.54, 1.807) is 4.90 Å². The van der Waals surface area contributed by atoms with E-state index < -0.39 is 0 Å². The molecule has 158 valence electrons. The molecule has 0 radical (unpaired) electrons. The van der Waals surface area contributed by atoms with Gasteiger partial charge < -0.3 is 15.1 Å². The Morgan fingerprint density at radius 2 is 1.73 bits per heavy atom. The second kappa shape index (κ2) is 9.90. The van der Waals surface area contributed by atoms with Crippen molar-refractivity contribution in [3.8, 4) is 0 Å². The highest BCUT2D eigenvalue weighted by Gasteiger charge is 2.28. The summed E-state index contributed by atoms with van der Waals surface area (Å²) in [5, 5.41) is 2.98. The van der Waals surface area contributed by atoms with Gasteiger partial charge >= 0.3 is 0 Å². The number of likely N-dealkylation sites (tertiary alicyclic amines) is 1. The predicted octanol–water partition coefficient (Wildman–Crippen LogP) is 3.10. The van der Waals surface area contributed by atoms with Gasteiger partial charge in [-0.1, -0.05) is 48.5 Å². The van der Waals surface area contributed by atoms with Gasteiger partial charge in [-0.2, -0.15) is 0 Å². The number of nitrogens with one attached hydrogen (secondary N) is 1. The van der Waals surface area contributed by atoms with Crippen LogP contribution < -0.4 is 5.32 Å². The zero-order chi connectivity index (χ0) is 20.8. The van der Waals surface area contributed by atoms with Crippen molar-refractivity contribution in [3.05, 3.63) is 71.3 Å². The third-order valence-corrected chi connectivity index (χ3v) is 6.28. The monoisotopic (exact) mass is 405 g/mol. The summed E-state index contributed by atoms with van der Waals surface area (Å²) in [7, 11) is 0. The molecule has 0 atom stereocenters. The number of hydrogen-bond acceptors (Lipinski definition) is 3. The van der Waals surface area contributed by atoms with Gasteiger partial charge in [-0.15, -0.1) is 0 Å². The lowest BCUT2D eigenvalue weighted by Crippen LogP contribution is -2.39. The van der Waals surface area contributed by atoms with Gasteiger partial charge in [-0.05, 0) is 68.4 Å². The fourth-order valence-corrected chi connectivity index (χ4v) is 4.56. The van der Waals surface area contributed by atoms with Gasteiger partial charge in [0, 0.05) is 18.7 Å². The maximum atomic E-state index is 12.3. The lowest BCUT2D eigenvalue weighted by Gasteiger charge is -2.32. The van der Waals surface area contributed by atoms with Crippen molar-refractivity contribution in [2.24, 2.45) is 5.92 Å². The van der Waals surface area contributed by atoms with Crippen LogP contribution in [-0.2, 0) is 17.8 Å². The van der Waals surface area contributed by atoms with Gasteiger partial charge in [-0.25, -0.2) is 0 Å². The Morgan fingerprint density at radius 3 is 2.50 bits per heavy atom. The lowest BCUT2D eigenvalue weighted by atomic mass is 9.90. The highest BCUT2D eigenvalue weighted by molar-refractivity contribution is 6.00. The van der Waals surface area contributed by atoms with Crippen LogP contribution in [0.5, 0.6) is 0 Å². The fourth-order valence-electron chi connectivity index (χ4n) is 4.56. The van der Waals surface area contributed by atoms with Crippen molar-refractivity contribution >= 4 is 11.8 Å². The van der Waals surface area contributed by atoms with E-state index in [9.17, 15) is 9.59 Å². The van der Waals surface area contributed by atoms with Gasteiger partial charge in [0.05, 0.1) is 0 Å². The standard InChI is InChI=1S/C25H31N3O2/c29-24(19-28-18-22-9-4-5-10-23(22)25(28)30)26-13-6-14-27-15-11-21(12-16-27)17-20-7-2-1-3-8-20/h1-5,7-10,21H,6,11-19H2,(H,26,29). The second-order valence-electron chi connectivity index (χ2n) is 8.50. The van der Waals surface area contributed by atoms with Crippen LogP contribution in [0.4, 0.5) is 0 Å². The Morgan fingerprint density at radius 1 is 1.00 bits per heavy atom. The van der Waals surface area contributed by atoms with Crippen LogP contribution in [0.25, 0.3) is 0 Å². The zero-order valence-corrected chi connectivity index (χ0v) is 17.6. The molecule has 0 bridgehead atoms. The Kier molecular flexibility index (Phi) is 6.80. The molecule has 2 aromatic carbocycles. The number of hydrogen-bond donors (Lipinski definition) is 1. The first kappa shape index (κ1) is 20.6. The van der Waals surface area contributed by atoms with E-state index in [0.29, 0.717) is 13.1 Å². The number of rotatable bonds is 8. The third-order valence-electron chi connectivity index (χ3n) is 6.28. The topological polar surface area (TPSA) is 52.7 Å². The molecule has 1 saturated heterocycles. The summed E-state index contributed by atoms with van der Waals surface area (Å²) in [5.41, 5.74) is 3.17. The molecule has 1 fully saturated rings. The normalized spacial score (nSPS) is 17.2. The molecule has 0 aromatic heterocycles. The van der Waals surface area contributed by atoms with E-state index in [1.807, 2.05) is 24.3 Å². The van der Waals surface area contributed by atoms with E-state index in [4.69, 9.17) is 0 Å². The Labute approximate surface area is 179 Å². The summed E-state index contributed by atoms with van der Waals surface area (Å²) >= 11 is 0. The zero-order valence-electron chi connectivity index (χ0n) is 17.6. The van der Waals surface area contributed by atoms with E-state index in [-0.39, 0.29) is 18.4 Å². The van der Waals surface area contributed by atoms with Crippen molar-refractivity contribution in [2.45, 2.75) is 32.2 Å².